The van der Waals surface area contributed by atoms with E-state index in [1.54, 1.807) is 18.2 Å². The molecule has 0 amide bonds. The first-order valence-electron chi connectivity index (χ1n) is 5.36. The van der Waals surface area contributed by atoms with Crippen LogP contribution in [0.5, 0.6) is 0 Å². The number of rotatable bonds is 5. The fourth-order valence-corrected chi connectivity index (χ4v) is 1.39. The highest BCUT2D eigenvalue weighted by molar-refractivity contribution is 5.95. The highest BCUT2D eigenvalue weighted by Crippen LogP contribution is 2.16. The summed E-state index contributed by atoms with van der Waals surface area (Å²) in [6, 6.07) is 7.16. The van der Waals surface area contributed by atoms with Gasteiger partial charge in [0.1, 0.15) is 0 Å². The molecule has 0 aliphatic heterocycles. The SMILES string of the molecule is COC(=O)c1ccccc1NCC(C)=CCO. The van der Waals surface area contributed by atoms with Crippen LogP contribution in [0.2, 0.25) is 0 Å². The molecule has 4 nitrogen and oxygen atoms in total. The molecule has 0 heterocycles. The van der Waals surface area contributed by atoms with E-state index < -0.39 is 0 Å². The molecule has 0 spiro atoms. The van der Waals surface area contributed by atoms with E-state index in [2.05, 4.69) is 5.32 Å². The Hall–Kier alpha value is -1.81. The van der Waals surface area contributed by atoms with Crippen molar-refractivity contribution < 1.29 is 14.6 Å². The molecule has 17 heavy (non-hydrogen) atoms. The summed E-state index contributed by atoms with van der Waals surface area (Å²) in [5.41, 5.74) is 2.24. The second kappa shape index (κ2) is 6.70. The van der Waals surface area contributed by atoms with Crippen LogP contribution in [0.15, 0.2) is 35.9 Å². The van der Waals surface area contributed by atoms with Crippen LogP contribution in [-0.2, 0) is 4.74 Å². The van der Waals surface area contributed by atoms with Crippen LogP contribution in [0.25, 0.3) is 0 Å². The third-order valence-corrected chi connectivity index (χ3v) is 2.33. The van der Waals surface area contributed by atoms with Crippen LogP contribution >= 0.6 is 0 Å². The van der Waals surface area contributed by atoms with E-state index in [1.165, 1.54) is 7.11 Å². The quantitative estimate of drug-likeness (QED) is 0.604. The molecule has 0 aliphatic rings. The van der Waals surface area contributed by atoms with E-state index in [0.717, 1.165) is 11.3 Å². The molecule has 0 saturated heterocycles. The maximum Gasteiger partial charge on any atom is 0.339 e. The molecule has 0 atom stereocenters. The maximum atomic E-state index is 11.5. The standard InChI is InChI=1S/C13H17NO3/c1-10(7-8-15)9-14-12-6-4-3-5-11(12)13(16)17-2/h3-7,14-15H,8-9H2,1-2H3. The van der Waals surface area contributed by atoms with Crippen LogP contribution in [0.3, 0.4) is 0 Å². The molecular weight excluding hydrogens is 218 g/mol. The smallest absolute Gasteiger partial charge is 0.339 e. The Kier molecular flexibility index (Phi) is 5.23. The number of para-hydroxylation sites is 1. The molecule has 0 aliphatic carbocycles. The van der Waals surface area contributed by atoms with Crippen molar-refractivity contribution in [2.24, 2.45) is 0 Å². The maximum absolute atomic E-state index is 11.5. The molecule has 2 N–H and O–H groups in total. The van der Waals surface area contributed by atoms with E-state index in [9.17, 15) is 4.79 Å². The van der Waals surface area contributed by atoms with E-state index >= 15 is 0 Å². The average molecular weight is 235 g/mol. The minimum Gasteiger partial charge on any atom is -0.465 e. The summed E-state index contributed by atoms with van der Waals surface area (Å²) in [5, 5.41) is 11.9. The molecule has 1 aromatic carbocycles. The molecule has 0 unspecified atom stereocenters. The zero-order valence-electron chi connectivity index (χ0n) is 10.1. The van der Waals surface area contributed by atoms with E-state index in [-0.39, 0.29) is 12.6 Å². The zero-order chi connectivity index (χ0) is 12.7. The number of anilines is 1. The third kappa shape index (κ3) is 3.92. The predicted octanol–water partition coefficient (Wildman–Crippen LogP) is 1.82. The number of nitrogens with one attached hydrogen (secondary N) is 1. The molecule has 1 aromatic rings. The number of carbonyl (C=O) groups excluding carboxylic acids is 1. The molecule has 1 rings (SSSR count). The van der Waals surface area contributed by atoms with Crippen LogP contribution < -0.4 is 5.32 Å². The van der Waals surface area contributed by atoms with Crippen LogP contribution in [0, 0.1) is 0 Å². The van der Waals surface area contributed by atoms with Crippen molar-refractivity contribution in [2.45, 2.75) is 6.92 Å². The van der Waals surface area contributed by atoms with Gasteiger partial charge in [-0.05, 0) is 19.1 Å². The molecule has 0 bridgehead atoms. The van der Waals surface area contributed by atoms with Crippen molar-refractivity contribution in [1.29, 1.82) is 0 Å². The monoisotopic (exact) mass is 235 g/mol. The van der Waals surface area contributed by atoms with Gasteiger partial charge in [0.25, 0.3) is 0 Å². The van der Waals surface area contributed by atoms with E-state index in [0.29, 0.717) is 12.1 Å². The highest BCUT2D eigenvalue weighted by Gasteiger charge is 2.09. The number of ether oxygens (including phenoxy) is 1. The van der Waals surface area contributed by atoms with Crippen molar-refractivity contribution >= 4 is 11.7 Å². The van der Waals surface area contributed by atoms with Gasteiger partial charge in [0.15, 0.2) is 0 Å². The average Bonchev–Trinajstić information content (AvgIpc) is 2.36. The number of esters is 1. The van der Waals surface area contributed by atoms with E-state index in [1.807, 2.05) is 19.1 Å². The predicted molar refractivity (Wildman–Crippen MR) is 67.1 cm³/mol. The molecule has 0 saturated carbocycles. The van der Waals surface area contributed by atoms with Gasteiger partial charge in [-0.1, -0.05) is 23.8 Å². The summed E-state index contributed by atoms with van der Waals surface area (Å²) in [5.74, 6) is -0.364. The molecule has 92 valence electrons. The van der Waals surface area contributed by atoms with Gasteiger partial charge >= 0.3 is 5.97 Å². The first kappa shape index (κ1) is 13.3. The lowest BCUT2D eigenvalue weighted by Gasteiger charge is -2.10. The number of hydrogen-bond donors (Lipinski definition) is 2. The van der Waals surface area contributed by atoms with Gasteiger partial charge in [-0.15, -0.1) is 0 Å². The van der Waals surface area contributed by atoms with Crippen molar-refractivity contribution in [1.82, 2.24) is 0 Å². The van der Waals surface area contributed by atoms with Crippen LogP contribution in [0.4, 0.5) is 5.69 Å². The summed E-state index contributed by atoms with van der Waals surface area (Å²) in [6.07, 6.45) is 1.72. The van der Waals surface area contributed by atoms with Crippen LogP contribution in [0.1, 0.15) is 17.3 Å². The van der Waals surface area contributed by atoms with Gasteiger partial charge in [-0.3, -0.25) is 0 Å². The molecule has 4 heteroatoms. The minimum atomic E-state index is -0.364. The number of carbonyl (C=O) groups is 1. The van der Waals surface area contributed by atoms with E-state index in [4.69, 9.17) is 9.84 Å². The first-order valence-corrected chi connectivity index (χ1v) is 5.36. The fraction of sp³-hybridized carbons (Fsp3) is 0.308. The van der Waals surface area contributed by atoms with Crippen molar-refractivity contribution in [3.63, 3.8) is 0 Å². The Labute approximate surface area is 101 Å². The first-order chi connectivity index (χ1) is 8.19. The summed E-state index contributed by atoms with van der Waals surface area (Å²) in [4.78, 5) is 11.5. The normalized spacial score (nSPS) is 11.1. The second-order valence-electron chi connectivity index (χ2n) is 3.62. The highest BCUT2D eigenvalue weighted by atomic mass is 16.5. The molecule has 0 radical (unpaired) electrons. The molecular formula is C13H17NO3. The van der Waals surface area contributed by atoms with Gasteiger partial charge in [0.2, 0.25) is 0 Å². The van der Waals surface area contributed by atoms with Crippen molar-refractivity contribution in [3.8, 4) is 0 Å². The number of aliphatic hydroxyl groups is 1. The summed E-state index contributed by atoms with van der Waals surface area (Å²) in [7, 11) is 1.36. The third-order valence-electron chi connectivity index (χ3n) is 2.33. The zero-order valence-corrected chi connectivity index (χ0v) is 10.1. The van der Waals surface area contributed by atoms with Gasteiger partial charge in [0.05, 0.1) is 19.3 Å². The van der Waals surface area contributed by atoms with Gasteiger partial charge in [-0.25, -0.2) is 4.79 Å². The lowest BCUT2D eigenvalue weighted by Crippen LogP contribution is -2.09. The van der Waals surface area contributed by atoms with Crippen LogP contribution in [-0.4, -0.2) is 31.3 Å². The summed E-state index contributed by atoms with van der Waals surface area (Å²) >= 11 is 0. The van der Waals surface area contributed by atoms with Gasteiger partial charge in [0, 0.05) is 12.2 Å². The Bertz CT molecular complexity index is 413. The molecule has 0 fully saturated rings. The van der Waals surface area contributed by atoms with Crippen molar-refractivity contribution in [2.75, 3.05) is 25.6 Å². The number of benzene rings is 1. The summed E-state index contributed by atoms with van der Waals surface area (Å²) < 4.78 is 4.70. The molecule has 0 aromatic heterocycles. The Morgan fingerprint density at radius 2 is 2.18 bits per heavy atom. The summed E-state index contributed by atoms with van der Waals surface area (Å²) in [6.45, 7) is 2.50. The lowest BCUT2D eigenvalue weighted by atomic mass is 10.1. The van der Waals surface area contributed by atoms with Gasteiger partial charge in [-0.2, -0.15) is 0 Å². The Morgan fingerprint density at radius 3 is 2.82 bits per heavy atom. The fourth-order valence-electron chi connectivity index (χ4n) is 1.39. The van der Waals surface area contributed by atoms with Gasteiger partial charge < -0.3 is 15.2 Å². The number of hydrogen-bond acceptors (Lipinski definition) is 4. The second-order valence-corrected chi connectivity index (χ2v) is 3.62. The van der Waals surface area contributed by atoms with Crippen molar-refractivity contribution in [3.05, 3.63) is 41.5 Å². The largest absolute Gasteiger partial charge is 0.465 e. The number of methoxy groups -OCH3 is 1. The number of aliphatic hydroxyl groups excluding tert-OH is 1. The lowest BCUT2D eigenvalue weighted by molar-refractivity contribution is 0.0602. The Morgan fingerprint density at radius 1 is 1.47 bits per heavy atom. The topological polar surface area (TPSA) is 58.6 Å². The minimum absolute atomic E-state index is 0.0200. The Balaban J connectivity index is 2.77.